The van der Waals surface area contributed by atoms with Crippen LogP contribution in [-0.4, -0.2) is 25.5 Å². The molecule has 0 unspecified atom stereocenters. The number of halogens is 1. The van der Waals surface area contributed by atoms with Crippen molar-refractivity contribution >= 4 is 18.3 Å². The molecule has 0 spiro atoms. The first kappa shape index (κ1) is 17.3. The number of carbonyl (C=O) groups excluding carboxylic acids is 1. The summed E-state index contributed by atoms with van der Waals surface area (Å²) < 4.78 is 0. The molecule has 3 nitrogen and oxygen atoms in total. The van der Waals surface area contributed by atoms with E-state index < -0.39 is 0 Å². The molecule has 122 valence electrons. The van der Waals surface area contributed by atoms with Crippen LogP contribution in [0, 0.1) is 11.8 Å². The van der Waals surface area contributed by atoms with E-state index in [2.05, 4.69) is 41.0 Å². The van der Waals surface area contributed by atoms with Crippen molar-refractivity contribution in [2.24, 2.45) is 11.8 Å². The van der Waals surface area contributed by atoms with Crippen LogP contribution in [0.2, 0.25) is 0 Å². The van der Waals surface area contributed by atoms with Crippen LogP contribution in [0.25, 0.3) is 0 Å². The van der Waals surface area contributed by atoms with Gasteiger partial charge in [-0.25, -0.2) is 0 Å². The Morgan fingerprint density at radius 3 is 2.32 bits per heavy atom. The van der Waals surface area contributed by atoms with Gasteiger partial charge in [0.1, 0.15) is 0 Å². The Morgan fingerprint density at radius 2 is 1.73 bits per heavy atom. The second-order valence-electron chi connectivity index (χ2n) is 6.66. The maximum atomic E-state index is 12.0. The van der Waals surface area contributed by atoms with E-state index in [9.17, 15) is 4.79 Å². The molecule has 4 heteroatoms. The minimum absolute atomic E-state index is 0. The summed E-state index contributed by atoms with van der Waals surface area (Å²) in [4.78, 5) is 12.0. The molecule has 2 N–H and O–H groups in total. The molecule has 0 aromatic heterocycles. The molecule has 1 saturated heterocycles. The number of hydrogen-bond donors (Lipinski definition) is 2. The fourth-order valence-corrected chi connectivity index (χ4v) is 3.51. The molecule has 1 aliphatic heterocycles. The summed E-state index contributed by atoms with van der Waals surface area (Å²) >= 11 is 0. The van der Waals surface area contributed by atoms with Crippen molar-refractivity contribution in [2.75, 3.05) is 19.6 Å². The van der Waals surface area contributed by atoms with Gasteiger partial charge < -0.3 is 10.6 Å². The summed E-state index contributed by atoms with van der Waals surface area (Å²) in [5, 5.41) is 6.33. The van der Waals surface area contributed by atoms with E-state index in [0.717, 1.165) is 26.1 Å². The number of amides is 1. The van der Waals surface area contributed by atoms with Gasteiger partial charge in [-0.3, -0.25) is 4.79 Å². The van der Waals surface area contributed by atoms with Crippen molar-refractivity contribution in [2.45, 2.75) is 38.0 Å². The molecule has 1 saturated carbocycles. The summed E-state index contributed by atoms with van der Waals surface area (Å²) in [6.45, 7) is 2.97. The third-order valence-electron chi connectivity index (χ3n) is 5.05. The SMILES string of the molecule is Cl.O=C(CC1CCC(c2ccccc2)CC1)NCC1CNC1. The molecule has 3 rings (SSSR count). The van der Waals surface area contributed by atoms with Crippen molar-refractivity contribution in [1.29, 1.82) is 0 Å². The predicted octanol–water partition coefficient (Wildman–Crippen LogP) is 3.11. The summed E-state index contributed by atoms with van der Waals surface area (Å²) in [7, 11) is 0. The molecule has 0 radical (unpaired) electrons. The van der Waals surface area contributed by atoms with Crippen LogP contribution in [-0.2, 0) is 4.79 Å². The molecular formula is C18H27ClN2O. The third-order valence-corrected chi connectivity index (χ3v) is 5.05. The Labute approximate surface area is 139 Å². The monoisotopic (exact) mass is 322 g/mol. The van der Waals surface area contributed by atoms with Crippen LogP contribution < -0.4 is 10.6 Å². The lowest BCUT2D eigenvalue weighted by Gasteiger charge is -2.29. The van der Waals surface area contributed by atoms with Crippen LogP contribution in [0.15, 0.2) is 30.3 Å². The molecule has 1 heterocycles. The number of carbonyl (C=O) groups is 1. The van der Waals surface area contributed by atoms with Gasteiger partial charge in [0.05, 0.1) is 0 Å². The minimum atomic E-state index is 0. The fourth-order valence-electron chi connectivity index (χ4n) is 3.51. The number of hydrogen-bond acceptors (Lipinski definition) is 2. The molecule has 1 amide bonds. The van der Waals surface area contributed by atoms with Crippen LogP contribution in [0.1, 0.15) is 43.6 Å². The Morgan fingerprint density at radius 1 is 1.05 bits per heavy atom. The average molecular weight is 323 g/mol. The van der Waals surface area contributed by atoms with Gasteiger partial charge in [0.2, 0.25) is 5.91 Å². The predicted molar refractivity (Wildman–Crippen MR) is 92.4 cm³/mol. The second kappa shape index (κ2) is 8.54. The Bertz CT molecular complexity index is 453. The second-order valence-corrected chi connectivity index (χ2v) is 6.66. The number of benzene rings is 1. The average Bonchev–Trinajstić information content (AvgIpc) is 2.47. The smallest absolute Gasteiger partial charge is 0.220 e. The van der Waals surface area contributed by atoms with Crippen molar-refractivity contribution < 1.29 is 4.79 Å². The van der Waals surface area contributed by atoms with E-state index in [-0.39, 0.29) is 18.3 Å². The van der Waals surface area contributed by atoms with Gasteiger partial charge in [-0.15, -0.1) is 12.4 Å². The Hall–Kier alpha value is -1.06. The highest BCUT2D eigenvalue weighted by atomic mass is 35.5. The highest BCUT2D eigenvalue weighted by molar-refractivity contribution is 5.85. The molecule has 22 heavy (non-hydrogen) atoms. The van der Waals surface area contributed by atoms with E-state index in [0.29, 0.717) is 17.8 Å². The van der Waals surface area contributed by atoms with E-state index in [4.69, 9.17) is 0 Å². The standard InChI is InChI=1S/C18H26N2O.ClH/c21-18(20-13-15-11-19-12-15)10-14-6-8-17(9-7-14)16-4-2-1-3-5-16;/h1-5,14-15,17,19H,6-13H2,(H,20,21);1H. The Kier molecular flexibility index (Phi) is 6.71. The van der Waals surface area contributed by atoms with Gasteiger partial charge in [0.15, 0.2) is 0 Å². The first-order valence-corrected chi connectivity index (χ1v) is 8.33. The lowest BCUT2D eigenvalue weighted by atomic mass is 9.77. The lowest BCUT2D eigenvalue weighted by molar-refractivity contribution is -0.122. The number of nitrogens with one attached hydrogen (secondary N) is 2. The number of rotatable bonds is 5. The summed E-state index contributed by atoms with van der Waals surface area (Å²) in [6, 6.07) is 10.8. The third kappa shape index (κ3) is 4.72. The fraction of sp³-hybridized carbons (Fsp3) is 0.611. The normalized spacial score (nSPS) is 24.9. The van der Waals surface area contributed by atoms with E-state index >= 15 is 0 Å². The van der Waals surface area contributed by atoms with Gasteiger partial charge in [0.25, 0.3) is 0 Å². The van der Waals surface area contributed by atoms with Crippen molar-refractivity contribution in [3.05, 3.63) is 35.9 Å². The zero-order valence-corrected chi connectivity index (χ0v) is 13.9. The molecule has 0 bridgehead atoms. The first-order valence-electron chi connectivity index (χ1n) is 8.33. The summed E-state index contributed by atoms with van der Waals surface area (Å²) in [5.41, 5.74) is 1.47. The highest BCUT2D eigenvalue weighted by Gasteiger charge is 2.24. The van der Waals surface area contributed by atoms with Crippen molar-refractivity contribution in [3.8, 4) is 0 Å². The molecule has 2 fully saturated rings. The summed E-state index contributed by atoms with van der Waals surface area (Å²) in [6.07, 6.45) is 5.57. The van der Waals surface area contributed by atoms with E-state index in [1.54, 1.807) is 0 Å². The summed E-state index contributed by atoms with van der Waals surface area (Å²) in [5.74, 6) is 2.20. The Balaban J connectivity index is 0.00000176. The van der Waals surface area contributed by atoms with Crippen LogP contribution in [0.5, 0.6) is 0 Å². The van der Waals surface area contributed by atoms with Gasteiger partial charge in [-0.2, -0.15) is 0 Å². The first-order chi connectivity index (χ1) is 10.3. The molecule has 2 aliphatic rings. The topological polar surface area (TPSA) is 41.1 Å². The molecule has 1 aromatic rings. The van der Waals surface area contributed by atoms with Gasteiger partial charge in [0, 0.05) is 32.0 Å². The quantitative estimate of drug-likeness (QED) is 0.874. The molecule has 1 aliphatic carbocycles. The minimum Gasteiger partial charge on any atom is -0.356 e. The van der Waals surface area contributed by atoms with Crippen LogP contribution >= 0.6 is 12.4 Å². The van der Waals surface area contributed by atoms with Crippen molar-refractivity contribution in [1.82, 2.24) is 10.6 Å². The molecule has 0 atom stereocenters. The van der Waals surface area contributed by atoms with Gasteiger partial charge >= 0.3 is 0 Å². The van der Waals surface area contributed by atoms with E-state index in [1.807, 2.05) is 0 Å². The van der Waals surface area contributed by atoms with Crippen LogP contribution in [0.4, 0.5) is 0 Å². The molecule has 1 aromatic carbocycles. The zero-order valence-electron chi connectivity index (χ0n) is 13.1. The van der Waals surface area contributed by atoms with Gasteiger partial charge in [-0.05, 0) is 43.1 Å². The lowest BCUT2D eigenvalue weighted by Crippen LogP contribution is -2.48. The van der Waals surface area contributed by atoms with Crippen LogP contribution in [0.3, 0.4) is 0 Å². The maximum absolute atomic E-state index is 12.0. The zero-order chi connectivity index (χ0) is 14.5. The van der Waals surface area contributed by atoms with E-state index in [1.165, 1.54) is 31.2 Å². The molecular weight excluding hydrogens is 296 g/mol. The highest BCUT2D eigenvalue weighted by Crippen LogP contribution is 2.36. The maximum Gasteiger partial charge on any atom is 0.220 e. The van der Waals surface area contributed by atoms with Gasteiger partial charge in [-0.1, -0.05) is 30.3 Å². The van der Waals surface area contributed by atoms with Crippen molar-refractivity contribution in [3.63, 3.8) is 0 Å². The largest absolute Gasteiger partial charge is 0.356 e.